The van der Waals surface area contributed by atoms with Crippen LogP contribution in [0.5, 0.6) is 11.5 Å². The van der Waals surface area contributed by atoms with Crippen molar-refractivity contribution in [2.45, 2.75) is 33.2 Å². The number of carboxylic acids is 1. The van der Waals surface area contributed by atoms with Crippen LogP contribution in [0.25, 0.3) is 0 Å². The summed E-state index contributed by atoms with van der Waals surface area (Å²) in [7, 11) is 0. The molecule has 2 amide bonds. The Bertz CT molecular complexity index is 533. The van der Waals surface area contributed by atoms with E-state index in [2.05, 4.69) is 10.6 Å². The molecule has 1 aromatic rings. The van der Waals surface area contributed by atoms with E-state index in [1.54, 1.807) is 0 Å². The summed E-state index contributed by atoms with van der Waals surface area (Å²) in [6.45, 7) is 6.76. The van der Waals surface area contributed by atoms with Crippen LogP contribution in [0.4, 0.5) is 4.79 Å². The summed E-state index contributed by atoms with van der Waals surface area (Å²) in [6.07, 6.45) is -0.112. The van der Waals surface area contributed by atoms with Gasteiger partial charge in [0.1, 0.15) is 0 Å². The van der Waals surface area contributed by atoms with Crippen molar-refractivity contribution in [1.29, 1.82) is 0 Å². The molecule has 0 aromatic heterocycles. The monoisotopic (exact) mass is 324 g/mol. The number of urea groups is 1. The summed E-state index contributed by atoms with van der Waals surface area (Å²) in [6, 6.07) is 4.83. The number of aliphatic carboxylic acids is 1. The molecule has 7 heteroatoms. The van der Waals surface area contributed by atoms with Crippen LogP contribution in [0, 0.1) is 0 Å². The lowest BCUT2D eigenvalue weighted by atomic mass is 10.1. The summed E-state index contributed by atoms with van der Waals surface area (Å²) in [5, 5.41) is 13.8. The zero-order valence-electron chi connectivity index (χ0n) is 13.7. The Hall–Kier alpha value is -2.44. The van der Waals surface area contributed by atoms with Crippen molar-refractivity contribution in [3.63, 3.8) is 0 Å². The molecule has 3 N–H and O–H groups in total. The highest BCUT2D eigenvalue weighted by atomic mass is 16.5. The van der Waals surface area contributed by atoms with Crippen LogP contribution < -0.4 is 20.1 Å². The lowest BCUT2D eigenvalue weighted by Crippen LogP contribution is -2.38. The van der Waals surface area contributed by atoms with Gasteiger partial charge < -0.3 is 25.2 Å². The van der Waals surface area contributed by atoms with Gasteiger partial charge in [0.15, 0.2) is 11.5 Å². The van der Waals surface area contributed by atoms with Crippen molar-refractivity contribution in [2.24, 2.45) is 0 Å². The van der Waals surface area contributed by atoms with Gasteiger partial charge in [-0.25, -0.2) is 4.79 Å². The van der Waals surface area contributed by atoms with E-state index in [1.807, 2.05) is 39.0 Å². The standard InChI is InChI=1S/C16H24N2O5/c1-4-22-13-7-6-12(10-14(13)23-5-2)11(3)18-16(21)17-9-8-15(19)20/h6-7,10-11H,4-5,8-9H2,1-3H3,(H,19,20)(H2,17,18,21). The van der Waals surface area contributed by atoms with Crippen molar-refractivity contribution in [3.8, 4) is 11.5 Å². The molecule has 1 aromatic carbocycles. The van der Waals surface area contributed by atoms with Gasteiger partial charge in [-0.15, -0.1) is 0 Å². The van der Waals surface area contributed by atoms with E-state index in [4.69, 9.17) is 14.6 Å². The molecular weight excluding hydrogens is 300 g/mol. The Balaban J connectivity index is 2.67. The van der Waals surface area contributed by atoms with Crippen LogP contribution in [-0.2, 0) is 4.79 Å². The highest BCUT2D eigenvalue weighted by molar-refractivity contribution is 5.75. The fourth-order valence-electron chi connectivity index (χ4n) is 1.95. The molecule has 1 rings (SSSR count). The molecule has 0 aliphatic rings. The smallest absolute Gasteiger partial charge is 0.315 e. The molecule has 0 saturated heterocycles. The molecule has 1 unspecified atom stereocenters. The number of carboxylic acid groups (broad SMARTS) is 1. The maximum Gasteiger partial charge on any atom is 0.315 e. The third-order valence-corrected chi connectivity index (χ3v) is 3.04. The summed E-state index contributed by atoms with van der Waals surface area (Å²) in [4.78, 5) is 22.1. The first kappa shape index (κ1) is 18.6. The van der Waals surface area contributed by atoms with Crippen LogP contribution in [0.1, 0.15) is 38.8 Å². The second-order valence-corrected chi connectivity index (χ2v) is 4.84. The molecule has 1 atom stereocenters. The van der Waals surface area contributed by atoms with Gasteiger partial charge in [0.2, 0.25) is 0 Å². The van der Waals surface area contributed by atoms with E-state index in [1.165, 1.54) is 0 Å². The van der Waals surface area contributed by atoms with Crippen molar-refractivity contribution < 1.29 is 24.2 Å². The summed E-state index contributed by atoms with van der Waals surface area (Å²) >= 11 is 0. The van der Waals surface area contributed by atoms with Gasteiger partial charge in [-0.2, -0.15) is 0 Å². The van der Waals surface area contributed by atoms with Crippen molar-refractivity contribution in [3.05, 3.63) is 23.8 Å². The Morgan fingerprint density at radius 3 is 2.43 bits per heavy atom. The maximum atomic E-state index is 11.7. The Labute approximate surface area is 136 Å². The minimum absolute atomic E-state index is 0.0847. The van der Waals surface area contributed by atoms with Crippen LogP contribution in [0.15, 0.2) is 18.2 Å². The van der Waals surface area contributed by atoms with Gasteiger partial charge in [-0.3, -0.25) is 4.79 Å². The molecule has 0 radical (unpaired) electrons. The van der Waals surface area contributed by atoms with Crippen LogP contribution in [0.2, 0.25) is 0 Å². The second-order valence-electron chi connectivity index (χ2n) is 4.84. The lowest BCUT2D eigenvalue weighted by Gasteiger charge is -2.17. The van der Waals surface area contributed by atoms with E-state index in [0.29, 0.717) is 24.7 Å². The lowest BCUT2D eigenvalue weighted by molar-refractivity contribution is -0.136. The highest BCUT2D eigenvalue weighted by Gasteiger charge is 2.13. The molecule has 0 spiro atoms. The number of ether oxygens (including phenoxy) is 2. The first-order valence-electron chi connectivity index (χ1n) is 7.63. The second kappa shape index (κ2) is 9.55. The molecule has 0 saturated carbocycles. The SMILES string of the molecule is CCOc1ccc(C(C)NC(=O)NCCC(=O)O)cc1OCC. The molecule has 0 heterocycles. The number of carbonyl (C=O) groups excluding carboxylic acids is 1. The van der Waals surface area contributed by atoms with Gasteiger partial charge in [-0.1, -0.05) is 6.07 Å². The fraction of sp³-hybridized carbons (Fsp3) is 0.500. The van der Waals surface area contributed by atoms with E-state index in [0.717, 1.165) is 5.56 Å². The predicted octanol–water partition coefficient (Wildman–Crippen LogP) is 2.32. The number of hydrogen-bond acceptors (Lipinski definition) is 4. The largest absolute Gasteiger partial charge is 0.490 e. The number of hydrogen-bond donors (Lipinski definition) is 3. The normalized spacial score (nSPS) is 11.4. The summed E-state index contributed by atoms with van der Waals surface area (Å²) in [5.41, 5.74) is 0.866. The molecule has 0 aliphatic heterocycles. The molecule has 0 fully saturated rings. The van der Waals surface area contributed by atoms with E-state index < -0.39 is 12.0 Å². The van der Waals surface area contributed by atoms with E-state index in [9.17, 15) is 9.59 Å². The summed E-state index contributed by atoms with van der Waals surface area (Å²) in [5.74, 6) is 0.342. The molecular formula is C16H24N2O5. The summed E-state index contributed by atoms with van der Waals surface area (Å²) < 4.78 is 11.1. The van der Waals surface area contributed by atoms with Crippen LogP contribution >= 0.6 is 0 Å². The quantitative estimate of drug-likeness (QED) is 0.648. The molecule has 0 bridgehead atoms. The van der Waals surface area contributed by atoms with Gasteiger partial charge in [0.05, 0.1) is 25.7 Å². The molecule has 23 heavy (non-hydrogen) atoms. The third kappa shape index (κ3) is 6.46. The first-order chi connectivity index (χ1) is 11.0. The van der Waals surface area contributed by atoms with Gasteiger partial charge in [0, 0.05) is 6.54 Å². The average Bonchev–Trinajstić information content (AvgIpc) is 2.49. The minimum Gasteiger partial charge on any atom is -0.490 e. The number of nitrogens with one attached hydrogen (secondary N) is 2. The van der Waals surface area contributed by atoms with Crippen LogP contribution in [-0.4, -0.2) is 36.9 Å². The maximum absolute atomic E-state index is 11.7. The molecule has 0 aliphatic carbocycles. The Kier molecular flexibility index (Phi) is 7.73. The highest BCUT2D eigenvalue weighted by Crippen LogP contribution is 2.30. The van der Waals surface area contributed by atoms with Crippen LogP contribution in [0.3, 0.4) is 0 Å². The van der Waals surface area contributed by atoms with E-state index in [-0.39, 0.29) is 19.0 Å². The van der Waals surface area contributed by atoms with Gasteiger partial charge in [-0.05, 0) is 38.5 Å². The third-order valence-electron chi connectivity index (χ3n) is 3.04. The van der Waals surface area contributed by atoms with Gasteiger partial charge >= 0.3 is 12.0 Å². The zero-order valence-corrected chi connectivity index (χ0v) is 13.7. The first-order valence-corrected chi connectivity index (χ1v) is 7.63. The predicted molar refractivity (Wildman–Crippen MR) is 86.0 cm³/mol. The van der Waals surface area contributed by atoms with E-state index >= 15 is 0 Å². The zero-order chi connectivity index (χ0) is 17.2. The number of carbonyl (C=O) groups is 2. The molecule has 7 nitrogen and oxygen atoms in total. The Morgan fingerprint density at radius 2 is 1.83 bits per heavy atom. The van der Waals surface area contributed by atoms with Gasteiger partial charge in [0.25, 0.3) is 0 Å². The topological polar surface area (TPSA) is 96.9 Å². The average molecular weight is 324 g/mol. The van der Waals surface area contributed by atoms with Crippen molar-refractivity contribution in [2.75, 3.05) is 19.8 Å². The fourth-order valence-corrected chi connectivity index (χ4v) is 1.95. The molecule has 128 valence electrons. The van der Waals surface area contributed by atoms with Crippen molar-refractivity contribution >= 4 is 12.0 Å². The van der Waals surface area contributed by atoms with Crippen molar-refractivity contribution in [1.82, 2.24) is 10.6 Å². The number of benzene rings is 1. The minimum atomic E-state index is -0.953. The Morgan fingerprint density at radius 1 is 1.17 bits per heavy atom. The number of rotatable bonds is 9. The number of amides is 2.